The van der Waals surface area contributed by atoms with Crippen molar-refractivity contribution in [3.8, 4) is 5.75 Å². The second-order valence-electron chi connectivity index (χ2n) is 3.17. The van der Waals surface area contributed by atoms with Gasteiger partial charge in [0.15, 0.2) is 0 Å². The molecule has 0 amide bonds. The molecule has 0 unspecified atom stereocenters. The van der Waals surface area contributed by atoms with Crippen LogP contribution < -0.4 is 10.5 Å². The zero-order chi connectivity index (χ0) is 11.5. The van der Waals surface area contributed by atoms with Gasteiger partial charge in [0.05, 0.1) is 13.2 Å². The first-order chi connectivity index (χ1) is 7.01. The summed E-state index contributed by atoms with van der Waals surface area (Å²) in [6.07, 6.45) is 0. The number of aliphatic hydroxyl groups is 1. The number of alkyl halides is 2. The van der Waals surface area contributed by atoms with Gasteiger partial charge in [-0.25, -0.2) is 8.78 Å². The fourth-order valence-corrected chi connectivity index (χ4v) is 1.18. The summed E-state index contributed by atoms with van der Waals surface area (Å²) in [7, 11) is 1.44. The quantitative estimate of drug-likeness (QED) is 0.799. The Kier molecular flexibility index (Phi) is 3.60. The van der Waals surface area contributed by atoms with E-state index in [-0.39, 0.29) is 5.56 Å². The Hall–Kier alpha value is -1.20. The Morgan fingerprint density at radius 1 is 1.53 bits per heavy atom. The lowest BCUT2D eigenvalue weighted by Crippen LogP contribution is -2.36. The van der Waals surface area contributed by atoms with Crippen molar-refractivity contribution in [2.75, 3.05) is 13.7 Å². The summed E-state index contributed by atoms with van der Waals surface area (Å²) in [6.45, 7) is -1.27. The fourth-order valence-electron chi connectivity index (χ4n) is 1.18. The highest BCUT2D eigenvalue weighted by atomic mass is 19.3. The van der Waals surface area contributed by atoms with E-state index >= 15 is 0 Å². The minimum atomic E-state index is -3.33. The summed E-state index contributed by atoms with van der Waals surface area (Å²) in [6, 6.07) is 4.57. The molecule has 0 aliphatic heterocycles. The van der Waals surface area contributed by atoms with Crippen molar-refractivity contribution in [2.24, 2.45) is 5.73 Å². The monoisotopic (exact) mass is 217 g/mol. The van der Waals surface area contributed by atoms with Gasteiger partial charge in [0.2, 0.25) is 0 Å². The Morgan fingerprint density at radius 3 is 2.73 bits per heavy atom. The van der Waals surface area contributed by atoms with Crippen molar-refractivity contribution in [3.05, 3.63) is 29.8 Å². The highest BCUT2D eigenvalue weighted by Crippen LogP contribution is 2.30. The van der Waals surface area contributed by atoms with E-state index in [0.29, 0.717) is 5.75 Å². The number of hydrogen-bond donors (Lipinski definition) is 2. The van der Waals surface area contributed by atoms with Crippen LogP contribution in [0.3, 0.4) is 0 Å². The van der Waals surface area contributed by atoms with Crippen molar-refractivity contribution >= 4 is 0 Å². The molecule has 1 atom stereocenters. The minimum absolute atomic E-state index is 0.230. The van der Waals surface area contributed by atoms with Crippen molar-refractivity contribution in [3.63, 3.8) is 0 Å². The largest absolute Gasteiger partial charge is 0.497 e. The summed E-state index contributed by atoms with van der Waals surface area (Å²) in [4.78, 5) is 0. The summed E-state index contributed by atoms with van der Waals surface area (Å²) in [5, 5.41) is 8.49. The van der Waals surface area contributed by atoms with Crippen LogP contribution in [0.4, 0.5) is 8.78 Å². The first kappa shape index (κ1) is 11.9. The highest BCUT2D eigenvalue weighted by molar-refractivity contribution is 5.31. The topological polar surface area (TPSA) is 55.5 Å². The molecule has 3 N–H and O–H groups in total. The third-order valence-electron chi connectivity index (χ3n) is 2.12. The van der Waals surface area contributed by atoms with Crippen LogP contribution in [-0.2, 0) is 0 Å². The Morgan fingerprint density at radius 2 is 2.20 bits per heavy atom. The van der Waals surface area contributed by atoms with E-state index in [2.05, 4.69) is 0 Å². The van der Waals surface area contributed by atoms with Gasteiger partial charge in [0.25, 0.3) is 5.92 Å². The van der Waals surface area contributed by atoms with Gasteiger partial charge < -0.3 is 15.6 Å². The molecule has 15 heavy (non-hydrogen) atoms. The van der Waals surface area contributed by atoms with Crippen LogP contribution in [0, 0.1) is 0 Å². The first-order valence-corrected chi connectivity index (χ1v) is 4.39. The smallest absolute Gasteiger partial charge is 0.289 e. The van der Waals surface area contributed by atoms with Crippen molar-refractivity contribution < 1.29 is 18.6 Å². The second-order valence-corrected chi connectivity index (χ2v) is 3.17. The average molecular weight is 217 g/mol. The lowest BCUT2D eigenvalue weighted by atomic mass is 10.0. The summed E-state index contributed by atoms with van der Waals surface area (Å²) < 4.78 is 31.0. The van der Waals surface area contributed by atoms with E-state index in [1.54, 1.807) is 12.1 Å². The van der Waals surface area contributed by atoms with Gasteiger partial charge in [-0.3, -0.25) is 0 Å². The summed E-state index contributed by atoms with van der Waals surface area (Å²) in [5.41, 5.74) is 5.57. The number of benzene rings is 1. The molecule has 0 saturated heterocycles. The predicted molar refractivity (Wildman–Crippen MR) is 52.0 cm³/mol. The number of hydrogen-bond acceptors (Lipinski definition) is 3. The van der Waals surface area contributed by atoms with Crippen LogP contribution in [0.1, 0.15) is 11.6 Å². The zero-order valence-corrected chi connectivity index (χ0v) is 8.28. The average Bonchev–Trinajstić information content (AvgIpc) is 2.28. The van der Waals surface area contributed by atoms with E-state index in [9.17, 15) is 8.78 Å². The number of nitrogens with two attached hydrogens (primary N) is 1. The third kappa shape index (κ3) is 2.64. The van der Waals surface area contributed by atoms with Crippen molar-refractivity contribution in [1.82, 2.24) is 0 Å². The van der Waals surface area contributed by atoms with E-state index in [1.165, 1.54) is 19.2 Å². The van der Waals surface area contributed by atoms with E-state index in [0.717, 1.165) is 0 Å². The maximum Gasteiger partial charge on any atom is 0.289 e. The molecule has 84 valence electrons. The van der Waals surface area contributed by atoms with E-state index < -0.39 is 18.6 Å². The Balaban J connectivity index is 2.95. The van der Waals surface area contributed by atoms with E-state index in [4.69, 9.17) is 15.6 Å². The number of ether oxygens (including phenoxy) is 1. The maximum atomic E-state index is 13.1. The molecule has 0 aromatic heterocycles. The molecule has 0 radical (unpaired) electrons. The van der Waals surface area contributed by atoms with Crippen molar-refractivity contribution in [1.29, 1.82) is 0 Å². The molecular weight excluding hydrogens is 204 g/mol. The molecule has 1 rings (SSSR count). The Bertz CT molecular complexity index is 331. The molecule has 1 aromatic rings. The minimum Gasteiger partial charge on any atom is -0.497 e. The number of aliphatic hydroxyl groups excluding tert-OH is 1. The highest BCUT2D eigenvalue weighted by Gasteiger charge is 2.37. The standard InChI is InChI=1S/C10H13F2NO2/c1-15-8-4-2-3-7(5-8)9(13)10(11,12)6-14/h2-5,9,14H,6,13H2,1H3/t9-/m0/s1. The van der Waals surface area contributed by atoms with E-state index in [1.807, 2.05) is 0 Å². The van der Waals surface area contributed by atoms with Gasteiger partial charge in [-0.15, -0.1) is 0 Å². The fraction of sp³-hybridized carbons (Fsp3) is 0.400. The molecule has 0 spiro atoms. The third-order valence-corrected chi connectivity index (χ3v) is 2.12. The van der Waals surface area contributed by atoms with Crippen LogP contribution in [0.25, 0.3) is 0 Å². The van der Waals surface area contributed by atoms with Gasteiger partial charge in [-0.05, 0) is 17.7 Å². The van der Waals surface area contributed by atoms with Crippen LogP contribution in [0.2, 0.25) is 0 Å². The zero-order valence-electron chi connectivity index (χ0n) is 8.28. The summed E-state index contributed by atoms with van der Waals surface area (Å²) >= 11 is 0. The normalized spacial score (nSPS) is 13.7. The molecule has 0 aliphatic carbocycles. The number of halogens is 2. The first-order valence-electron chi connectivity index (χ1n) is 4.39. The lowest BCUT2D eigenvalue weighted by molar-refractivity contribution is -0.0712. The van der Waals surface area contributed by atoms with Gasteiger partial charge in [0, 0.05) is 0 Å². The van der Waals surface area contributed by atoms with Crippen LogP contribution in [0.15, 0.2) is 24.3 Å². The molecule has 1 aromatic carbocycles. The molecular formula is C10H13F2NO2. The molecule has 0 heterocycles. The molecule has 0 aliphatic rings. The van der Waals surface area contributed by atoms with Gasteiger partial charge >= 0.3 is 0 Å². The van der Waals surface area contributed by atoms with Gasteiger partial charge in [-0.1, -0.05) is 12.1 Å². The maximum absolute atomic E-state index is 13.1. The van der Waals surface area contributed by atoms with Crippen LogP contribution in [0.5, 0.6) is 5.75 Å². The van der Waals surface area contributed by atoms with Crippen LogP contribution in [-0.4, -0.2) is 24.7 Å². The van der Waals surface area contributed by atoms with Gasteiger partial charge in [-0.2, -0.15) is 0 Å². The molecule has 0 bridgehead atoms. The molecule has 0 fully saturated rings. The van der Waals surface area contributed by atoms with Gasteiger partial charge in [0.1, 0.15) is 12.4 Å². The van der Waals surface area contributed by atoms with Crippen LogP contribution >= 0.6 is 0 Å². The number of methoxy groups -OCH3 is 1. The second kappa shape index (κ2) is 4.55. The predicted octanol–water partition coefficient (Wildman–Crippen LogP) is 1.32. The SMILES string of the molecule is COc1cccc([C@H](N)C(F)(F)CO)c1. The molecule has 3 nitrogen and oxygen atoms in total. The van der Waals surface area contributed by atoms with Crippen molar-refractivity contribution in [2.45, 2.75) is 12.0 Å². The summed E-state index contributed by atoms with van der Waals surface area (Å²) in [5.74, 6) is -2.87. The molecule has 5 heteroatoms. The number of rotatable bonds is 4. The Labute approximate surface area is 86.5 Å². The molecule has 0 saturated carbocycles. The lowest BCUT2D eigenvalue weighted by Gasteiger charge is -2.21.